The molecule has 1 aliphatic carbocycles. The fraction of sp³-hybridized carbons (Fsp3) is 0.500. The van der Waals surface area contributed by atoms with Crippen LogP contribution in [0.1, 0.15) is 32.1 Å². The van der Waals surface area contributed by atoms with E-state index in [1.54, 1.807) is 12.1 Å². The topological polar surface area (TPSA) is 38.3 Å². The summed E-state index contributed by atoms with van der Waals surface area (Å²) in [5.41, 5.74) is 0.875. The minimum atomic E-state index is -0.183. The molecule has 18 heavy (non-hydrogen) atoms. The Morgan fingerprint density at radius 2 is 1.89 bits per heavy atom. The molecule has 0 atom stereocenters. The molecule has 1 aromatic rings. The summed E-state index contributed by atoms with van der Waals surface area (Å²) in [5, 5.41) is 3.71. The second-order valence-corrected chi connectivity index (χ2v) is 5.05. The molecule has 1 aromatic carbocycles. The van der Waals surface area contributed by atoms with E-state index in [9.17, 15) is 4.79 Å². The van der Waals surface area contributed by atoms with Gasteiger partial charge in [0.1, 0.15) is 12.6 Å². The van der Waals surface area contributed by atoms with E-state index < -0.39 is 0 Å². The SMILES string of the molecule is O=C(CNc1ccc(Cl)cc1)OC1CCCCC1. The van der Waals surface area contributed by atoms with Crippen LogP contribution >= 0.6 is 11.6 Å². The van der Waals surface area contributed by atoms with Crippen LogP contribution in [0.2, 0.25) is 5.02 Å². The van der Waals surface area contributed by atoms with Gasteiger partial charge in [0.2, 0.25) is 0 Å². The number of benzene rings is 1. The van der Waals surface area contributed by atoms with Crippen LogP contribution in [0.5, 0.6) is 0 Å². The van der Waals surface area contributed by atoms with Gasteiger partial charge in [0, 0.05) is 10.7 Å². The minimum absolute atomic E-state index is 0.123. The molecular weight excluding hydrogens is 250 g/mol. The molecule has 0 aromatic heterocycles. The number of nitrogens with one attached hydrogen (secondary N) is 1. The first-order valence-corrected chi connectivity index (χ1v) is 6.81. The fourth-order valence-corrected chi connectivity index (χ4v) is 2.28. The Morgan fingerprint density at radius 1 is 1.22 bits per heavy atom. The second kappa shape index (κ2) is 6.64. The van der Waals surface area contributed by atoms with Gasteiger partial charge in [-0.15, -0.1) is 0 Å². The molecule has 2 rings (SSSR count). The third-order valence-corrected chi connectivity index (χ3v) is 3.38. The number of anilines is 1. The molecule has 0 bridgehead atoms. The van der Waals surface area contributed by atoms with E-state index in [0.717, 1.165) is 18.5 Å². The predicted octanol–water partition coefficient (Wildman–Crippen LogP) is 3.63. The number of carbonyl (C=O) groups is 1. The average molecular weight is 268 g/mol. The molecule has 0 saturated heterocycles. The Kier molecular flexibility index (Phi) is 4.88. The first-order valence-electron chi connectivity index (χ1n) is 6.43. The van der Waals surface area contributed by atoms with E-state index in [2.05, 4.69) is 5.32 Å². The first kappa shape index (κ1) is 13.2. The molecule has 98 valence electrons. The van der Waals surface area contributed by atoms with E-state index in [1.807, 2.05) is 12.1 Å². The van der Waals surface area contributed by atoms with Gasteiger partial charge in [0.15, 0.2) is 0 Å². The largest absolute Gasteiger partial charge is 0.461 e. The highest BCUT2D eigenvalue weighted by atomic mass is 35.5. The monoisotopic (exact) mass is 267 g/mol. The number of hydrogen-bond acceptors (Lipinski definition) is 3. The molecule has 1 fully saturated rings. The van der Waals surface area contributed by atoms with Crippen molar-refractivity contribution in [1.29, 1.82) is 0 Å². The van der Waals surface area contributed by atoms with Gasteiger partial charge < -0.3 is 10.1 Å². The summed E-state index contributed by atoms with van der Waals surface area (Å²) in [6.07, 6.45) is 5.74. The summed E-state index contributed by atoms with van der Waals surface area (Å²) in [4.78, 5) is 11.6. The van der Waals surface area contributed by atoms with Gasteiger partial charge >= 0.3 is 5.97 Å². The van der Waals surface area contributed by atoms with E-state index >= 15 is 0 Å². The van der Waals surface area contributed by atoms with Crippen LogP contribution in [-0.2, 0) is 9.53 Å². The summed E-state index contributed by atoms with van der Waals surface area (Å²) in [5.74, 6) is -0.183. The summed E-state index contributed by atoms with van der Waals surface area (Å²) < 4.78 is 5.41. The smallest absolute Gasteiger partial charge is 0.325 e. The molecule has 1 saturated carbocycles. The number of esters is 1. The van der Waals surface area contributed by atoms with Crippen LogP contribution < -0.4 is 5.32 Å². The summed E-state index contributed by atoms with van der Waals surface area (Å²) in [7, 11) is 0. The highest BCUT2D eigenvalue weighted by molar-refractivity contribution is 6.30. The maximum atomic E-state index is 11.6. The lowest BCUT2D eigenvalue weighted by molar-refractivity contribution is -0.148. The van der Waals surface area contributed by atoms with Gasteiger partial charge in [-0.05, 0) is 49.9 Å². The second-order valence-electron chi connectivity index (χ2n) is 4.61. The van der Waals surface area contributed by atoms with Crippen molar-refractivity contribution in [2.75, 3.05) is 11.9 Å². The van der Waals surface area contributed by atoms with E-state index in [-0.39, 0.29) is 18.6 Å². The van der Waals surface area contributed by atoms with E-state index in [1.165, 1.54) is 19.3 Å². The van der Waals surface area contributed by atoms with Crippen molar-refractivity contribution in [1.82, 2.24) is 0 Å². The van der Waals surface area contributed by atoms with Crippen molar-refractivity contribution < 1.29 is 9.53 Å². The van der Waals surface area contributed by atoms with E-state index in [0.29, 0.717) is 5.02 Å². The van der Waals surface area contributed by atoms with Crippen LogP contribution in [0.4, 0.5) is 5.69 Å². The van der Waals surface area contributed by atoms with Crippen LogP contribution in [-0.4, -0.2) is 18.6 Å². The minimum Gasteiger partial charge on any atom is -0.461 e. The molecule has 4 heteroatoms. The quantitative estimate of drug-likeness (QED) is 0.847. The number of hydrogen-bond donors (Lipinski definition) is 1. The predicted molar refractivity (Wildman–Crippen MR) is 72.9 cm³/mol. The zero-order valence-electron chi connectivity index (χ0n) is 10.3. The van der Waals surface area contributed by atoms with Crippen molar-refractivity contribution >= 4 is 23.3 Å². The summed E-state index contributed by atoms with van der Waals surface area (Å²) in [6, 6.07) is 7.26. The molecular formula is C14H18ClNO2. The number of halogens is 1. The van der Waals surface area contributed by atoms with Crippen LogP contribution in [0, 0.1) is 0 Å². The standard InChI is InChI=1S/C14H18ClNO2/c15-11-6-8-12(9-7-11)16-10-14(17)18-13-4-2-1-3-5-13/h6-9,13,16H,1-5,10H2. The van der Waals surface area contributed by atoms with Gasteiger partial charge in [-0.2, -0.15) is 0 Å². The zero-order valence-corrected chi connectivity index (χ0v) is 11.1. The van der Waals surface area contributed by atoms with E-state index in [4.69, 9.17) is 16.3 Å². The average Bonchev–Trinajstić information content (AvgIpc) is 2.39. The molecule has 0 aliphatic heterocycles. The van der Waals surface area contributed by atoms with Gasteiger partial charge in [-0.1, -0.05) is 18.0 Å². The molecule has 3 nitrogen and oxygen atoms in total. The lowest BCUT2D eigenvalue weighted by atomic mass is 9.98. The Hall–Kier alpha value is -1.22. The number of carbonyl (C=O) groups excluding carboxylic acids is 1. The molecule has 0 unspecified atom stereocenters. The van der Waals surface area contributed by atoms with Crippen LogP contribution in [0.25, 0.3) is 0 Å². The summed E-state index contributed by atoms with van der Waals surface area (Å²) >= 11 is 5.78. The third kappa shape index (κ3) is 4.22. The Bertz CT molecular complexity index is 385. The number of rotatable bonds is 4. The normalized spacial score (nSPS) is 16.3. The highest BCUT2D eigenvalue weighted by Crippen LogP contribution is 2.20. The Labute approximate surface area is 112 Å². The van der Waals surface area contributed by atoms with Crippen LogP contribution in [0.3, 0.4) is 0 Å². The molecule has 1 aliphatic rings. The van der Waals surface area contributed by atoms with Crippen molar-refractivity contribution in [2.45, 2.75) is 38.2 Å². The Balaban J connectivity index is 1.72. The molecule has 0 amide bonds. The van der Waals surface area contributed by atoms with Gasteiger partial charge in [0.05, 0.1) is 0 Å². The van der Waals surface area contributed by atoms with Gasteiger partial charge in [-0.25, -0.2) is 0 Å². The maximum Gasteiger partial charge on any atom is 0.325 e. The fourth-order valence-electron chi connectivity index (χ4n) is 2.15. The van der Waals surface area contributed by atoms with Gasteiger partial charge in [0.25, 0.3) is 0 Å². The van der Waals surface area contributed by atoms with Gasteiger partial charge in [-0.3, -0.25) is 4.79 Å². The Morgan fingerprint density at radius 3 is 2.56 bits per heavy atom. The van der Waals surface area contributed by atoms with Crippen molar-refractivity contribution in [3.63, 3.8) is 0 Å². The summed E-state index contributed by atoms with van der Waals surface area (Å²) in [6.45, 7) is 0.206. The molecule has 0 spiro atoms. The lowest BCUT2D eigenvalue weighted by Crippen LogP contribution is -2.25. The molecule has 0 radical (unpaired) electrons. The van der Waals surface area contributed by atoms with Crippen LogP contribution in [0.15, 0.2) is 24.3 Å². The number of ether oxygens (including phenoxy) is 1. The van der Waals surface area contributed by atoms with Crippen molar-refractivity contribution in [2.24, 2.45) is 0 Å². The maximum absolute atomic E-state index is 11.6. The van der Waals surface area contributed by atoms with Crippen molar-refractivity contribution in [3.8, 4) is 0 Å². The first-order chi connectivity index (χ1) is 8.74. The molecule has 1 N–H and O–H groups in total. The third-order valence-electron chi connectivity index (χ3n) is 3.13. The highest BCUT2D eigenvalue weighted by Gasteiger charge is 2.17. The molecule has 0 heterocycles. The zero-order chi connectivity index (χ0) is 12.8. The lowest BCUT2D eigenvalue weighted by Gasteiger charge is -2.21. The van der Waals surface area contributed by atoms with Crippen molar-refractivity contribution in [3.05, 3.63) is 29.3 Å².